The van der Waals surface area contributed by atoms with Gasteiger partial charge < -0.3 is 15.4 Å². The first-order valence-electron chi connectivity index (χ1n) is 8.13. The molecule has 0 fully saturated rings. The Morgan fingerprint density at radius 3 is 2.59 bits per heavy atom. The van der Waals surface area contributed by atoms with Gasteiger partial charge in [-0.3, -0.25) is 0 Å². The number of hydrogen-bond donors (Lipinski definition) is 2. The highest BCUT2D eigenvalue weighted by Gasteiger charge is 2.18. The lowest BCUT2D eigenvalue weighted by Crippen LogP contribution is -2.05. The van der Waals surface area contributed by atoms with E-state index in [1.807, 2.05) is 12.1 Å². The number of unbranched alkanes of at least 4 members (excludes halogenated alkanes) is 1. The number of aryl methyl sites for hydroxylation is 2. The van der Waals surface area contributed by atoms with Gasteiger partial charge in [-0.25, -0.2) is 4.79 Å². The van der Waals surface area contributed by atoms with E-state index in [9.17, 15) is 9.90 Å². The summed E-state index contributed by atoms with van der Waals surface area (Å²) in [5.74, 6) is -0.866. The minimum Gasteiger partial charge on any atom is -0.478 e. The fourth-order valence-electron chi connectivity index (χ4n) is 3.22. The van der Waals surface area contributed by atoms with Crippen LogP contribution in [0.4, 0.5) is 0 Å². The summed E-state index contributed by atoms with van der Waals surface area (Å²) in [6, 6.07) is 3.63. The third-order valence-electron chi connectivity index (χ3n) is 4.38. The molecule has 1 aromatic heterocycles. The summed E-state index contributed by atoms with van der Waals surface area (Å²) in [4.78, 5) is 11.4. The summed E-state index contributed by atoms with van der Waals surface area (Å²) >= 11 is 0. The van der Waals surface area contributed by atoms with Crippen LogP contribution in [0, 0.1) is 6.92 Å². The normalized spacial score (nSPS) is 11.3. The summed E-state index contributed by atoms with van der Waals surface area (Å²) in [6.45, 7) is 7.94. The van der Waals surface area contributed by atoms with E-state index in [0.717, 1.165) is 43.2 Å². The monoisotopic (exact) mass is 302 g/mol. The van der Waals surface area contributed by atoms with E-state index in [1.54, 1.807) is 0 Å². The van der Waals surface area contributed by atoms with Crippen LogP contribution in [0.2, 0.25) is 0 Å². The van der Waals surface area contributed by atoms with Crippen LogP contribution in [0.15, 0.2) is 12.1 Å². The van der Waals surface area contributed by atoms with E-state index in [2.05, 4.69) is 25.3 Å². The number of benzene rings is 1. The number of carboxylic acid groups (broad SMARTS) is 1. The van der Waals surface area contributed by atoms with Crippen molar-refractivity contribution in [3.63, 3.8) is 0 Å². The van der Waals surface area contributed by atoms with Gasteiger partial charge in [0.25, 0.3) is 0 Å². The van der Waals surface area contributed by atoms with Gasteiger partial charge in [0.2, 0.25) is 0 Å². The van der Waals surface area contributed by atoms with Crippen LogP contribution < -0.4 is 5.73 Å². The topological polar surface area (TPSA) is 68.2 Å². The molecule has 3 N–H and O–H groups in total. The first-order chi connectivity index (χ1) is 10.5. The molecular formula is C18H26N2O2. The number of nitrogens with two attached hydrogens (primary N) is 1. The van der Waals surface area contributed by atoms with E-state index in [4.69, 9.17) is 5.73 Å². The highest BCUT2D eigenvalue weighted by Crippen LogP contribution is 2.31. The molecule has 22 heavy (non-hydrogen) atoms. The Balaban J connectivity index is 2.78. The number of nitrogens with zero attached hydrogens (tertiary/aromatic N) is 1. The molecule has 0 bridgehead atoms. The van der Waals surface area contributed by atoms with Gasteiger partial charge in [-0.15, -0.1) is 0 Å². The number of rotatable bonds is 7. The summed E-state index contributed by atoms with van der Waals surface area (Å²) in [6.07, 6.45) is 3.87. The van der Waals surface area contributed by atoms with Gasteiger partial charge >= 0.3 is 5.97 Å². The number of hydrogen-bond acceptors (Lipinski definition) is 2. The van der Waals surface area contributed by atoms with Crippen LogP contribution in [0.25, 0.3) is 10.9 Å². The fourth-order valence-corrected chi connectivity index (χ4v) is 3.22. The Hall–Kier alpha value is -1.81. The molecule has 120 valence electrons. The molecule has 0 amide bonds. The minimum absolute atomic E-state index is 0.371. The molecule has 0 atom stereocenters. The molecule has 0 aliphatic rings. The smallest absolute Gasteiger partial charge is 0.335 e. The molecule has 1 aromatic carbocycles. The molecule has 2 aromatic rings. The maximum atomic E-state index is 11.4. The molecule has 4 nitrogen and oxygen atoms in total. The largest absolute Gasteiger partial charge is 0.478 e. The summed E-state index contributed by atoms with van der Waals surface area (Å²) in [5.41, 5.74) is 10.9. The molecule has 2 rings (SSSR count). The summed E-state index contributed by atoms with van der Waals surface area (Å²) in [7, 11) is 0. The van der Waals surface area contributed by atoms with Crippen molar-refractivity contribution in [2.24, 2.45) is 5.73 Å². The van der Waals surface area contributed by atoms with E-state index >= 15 is 0 Å². The van der Waals surface area contributed by atoms with Gasteiger partial charge in [0.05, 0.1) is 11.1 Å². The second kappa shape index (κ2) is 6.97. The van der Waals surface area contributed by atoms with Crippen molar-refractivity contribution in [3.8, 4) is 0 Å². The zero-order valence-electron chi connectivity index (χ0n) is 13.8. The zero-order valence-corrected chi connectivity index (χ0v) is 13.8. The SMILES string of the molecule is CCCCn1c(C)c(CCN)c2cc(C(=O)O)cc(CC)c21. The van der Waals surface area contributed by atoms with E-state index in [1.165, 1.54) is 16.8 Å². The van der Waals surface area contributed by atoms with Crippen molar-refractivity contribution in [3.05, 3.63) is 34.5 Å². The summed E-state index contributed by atoms with van der Waals surface area (Å²) in [5, 5.41) is 10.4. The zero-order chi connectivity index (χ0) is 16.3. The molecule has 0 radical (unpaired) electrons. The molecular weight excluding hydrogens is 276 g/mol. The standard InChI is InChI=1S/C18H26N2O2/c1-4-6-9-20-12(3)15(7-8-19)16-11-14(18(21)22)10-13(5-2)17(16)20/h10-11H,4-9,19H2,1-3H3,(H,21,22). The van der Waals surface area contributed by atoms with E-state index in [-0.39, 0.29) is 0 Å². The molecule has 1 heterocycles. The number of aromatic nitrogens is 1. The van der Waals surface area contributed by atoms with E-state index in [0.29, 0.717) is 12.1 Å². The average Bonchev–Trinajstić information content (AvgIpc) is 2.77. The van der Waals surface area contributed by atoms with Crippen molar-refractivity contribution in [1.82, 2.24) is 4.57 Å². The highest BCUT2D eigenvalue weighted by molar-refractivity contribution is 5.97. The van der Waals surface area contributed by atoms with Crippen molar-refractivity contribution in [2.45, 2.75) is 53.0 Å². The average molecular weight is 302 g/mol. The quantitative estimate of drug-likeness (QED) is 0.822. The number of carboxylic acids is 1. The molecule has 0 aliphatic heterocycles. The van der Waals surface area contributed by atoms with Gasteiger partial charge in [-0.05, 0) is 56.0 Å². The third kappa shape index (κ3) is 2.88. The maximum absolute atomic E-state index is 11.4. The van der Waals surface area contributed by atoms with Crippen LogP contribution in [0.3, 0.4) is 0 Å². The number of aromatic carboxylic acids is 1. The van der Waals surface area contributed by atoms with Crippen LogP contribution in [0.1, 0.15) is 53.9 Å². The van der Waals surface area contributed by atoms with Crippen LogP contribution in [-0.4, -0.2) is 22.2 Å². The molecule has 0 saturated heterocycles. The lowest BCUT2D eigenvalue weighted by atomic mass is 10.0. The Kier molecular flexibility index (Phi) is 5.24. The summed E-state index contributed by atoms with van der Waals surface area (Å²) < 4.78 is 2.36. The van der Waals surface area contributed by atoms with Crippen molar-refractivity contribution in [2.75, 3.05) is 6.54 Å². The lowest BCUT2D eigenvalue weighted by Gasteiger charge is -2.11. The van der Waals surface area contributed by atoms with E-state index < -0.39 is 5.97 Å². The molecule has 4 heteroatoms. The van der Waals surface area contributed by atoms with Crippen LogP contribution in [-0.2, 0) is 19.4 Å². The molecule has 0 unspecified atom stereocenters. The lowest BCUT2D eigenvalue weighted by molar-refractivity contribution is 0.0697. The first kappa shape index (κ1) is 16.6. The van der Waals surface area contributed by atoms with Crippen LogP contribution in [0.5, 0.6) is 0 Å². The fraction of sp³-hybridized carbons (Fsp3) is 0.500. The Morgan fingerprint density at radius 2 is 2.05 bits per heavy atom. The van der Waals surface area contributed by atoms with Gasteiger partial charge in [0, 0.05) is 17.6 Å². The van der Waals surface area contributed by atoms with Crippen molar-refractivity contribution < 1.29 is 9.90 Å². The molecule has 0 spiro atoms. The second-order valence-electron chi connectivity index (χ2n) is 5.80. The maximum Gasteiger partial charge on any atom is 0.335 e. The Morgan fingerprint density at radius 1 is 1.32 bits per heavy atom. The number of carbonyl (C=O) groups is 1. The van der Waals surface area contributed by atoms with Gasteiger partial charge in [-0.2, -0.15) is 0 Å². The third-order valence-corrected chi connectivity index (χ3v) is 4.38. The van der Waals surface area contributed by atoms with Crippen LogP contribution >= 0.6 is 0 Å². The Bertz CT molecular complexity index is 686. The van der Waals surface area contributed by atoms with Gasteiger partial charge in [0.1, 0.15) is 0 Å². The molecule has 0 saturated carbocycles. The van der Waals surface area contributed by atoms with Crippen molar-refractivity contribution in [1.29, 1.82) is 0 Å². The Labute approximate surface area is 131 Å². The van der Waals surface area contributed by atoms with Gasteiger partial charge in [-0.1, -0.05) is 20.3 Å². The highest BCUT2D eigenvalue weighted by atomic mass is 16.4. The first-order valence-corrected chi connectivity index (χ1v) is 8.13. The second-order valence-corrected chi connectivity index (χ2v) is 5.80. The predicted octanol–water partition coefficient (Wildman–Crippen LogP) is 3.51. The van der Waals surface area contributed by atoms with Gasteiger partial charge in [0.15, 0.2) is 0 Å². The van der Waals surface area contributed by atoms with Crippen molar-refractivity contribution >= 4 is 16.9 Å². The minimum atomic E-state index is -0.866. The number of fused-ring (bicyclic) bond motifs is 1. The predicted molar refractivity (Wildman–Crippen MR) is 90.7 cm³/mol. The molecule has 0 aliphatic carbocycles.